The molecule has 1 amide bonds. The number of likely N-dealkylation sites (tertiary alicyclic amines) is 2. The Morgan fingerprint density at radius 2 is 1.53 bits per heavy atom. The minimum atomic E-state index is -0.355. The molecule has 0 aromatic heterocycles. The predicted octanol–water partition coefficient (Wildman–Crippen LogP) is 4.63. The van der Waals surface area contributed by atoms with Crippen LogP contribution in [0.15, 0.2) is 60.7 Å². The number of ether oxygens (including phenoxy) is 1. The van der Waals surface area contributed by atoms with E-state index in [4.69, 9.17) is 4.74 Å². The summed E-state index contributed by atoms with van der Waals surface area (Å²) < 4.78 is 5.78. The molecule has 3 aliphatic rings. The van der Waals surface area contributed by atoms with Crippen molar-refractivity contribution in [2.45, 2.75) is 57.1 Å². The van der Waals surface area contributed by atoms with Gasteiger partial charge in [0, 0.05) is 25.0 Å². The third kappa shape index (κ3) is 5.20. The molecule has 2 aromatic carbocycles. The average molecular weight is 461 g/mol. The third-order valence-corrected chi connectivity index (χ3v) is 8.09. The summed E-state index contributed by atoms with van der Waals surface area (Å²) in [6.45, 7) is 4.02. The van der Waals surface area contributed by atoms with Gasteiger partial charge in [-0.05, 0) is 62.7 Å². The number of amides is 1. The van der Waals surface area contributed by atoms with E-state index >= 15 is 0 Å². The van der Waals surface area contributed by atoms with E-state index in [-0.39, 0.29) is 30.3 Å². The van der Waals surface area contributed by atoms with Gasteiger partial charge in [0.1, 0.15) is 6.61 Å². The van der Waals surface area contributed by atoms with E-state index in [1.165, 1.54) is 18.4 Å². The lowest BCUT2D eigenvalue weighted by atomic mass is 9.75. The third-order valence-electron chi connectivity index (χ3n) is 8.09. The van der Waals surface area contributed by atoms with Crippen LogP contribution in [0.25, 0.3) is 0 Å². The number of benzene rings is 2. The highest BCUT2D eigenvalue weighted by atomic mass is 16.5. The van der Waals surface area contributed by atoms with Gasteiger partial charge < -0.3 is 14.5 Å². The van der Waals surface area contributed by atoms with Crippen molar-refractivity contribution in [1.29, 1.82) is 0 Å². The van der Waals surface area contributed by atoms with Gasteiger partial charge in [-0.25, -0.2) is 0 Å². The number of rotatable bonds is 6. The summed E-state index contributed by atoms with van der Waals surface area (Å²) in [5.41, 5.74) is 2.28. The van der Waals surface area contributed by atoms with Gasteiger partial charge in [-0.15, -0.1) is 0 Å². The molecule has 2 heterocycles. The van der Waals surface area contributed by atoms with Gasteiger partial charge in [-0.1, -0.05) is 60.7 Å². The maximum atomic E-state index is 13.7. The summed E-state index contributed by atoms with van der Waals surface area (Å²) in [6, 6.07) is 20.7. The van der Waals surface area contributed by atoms with Crippen LogP contribution in [-0.2, 0) is 20.9 Å². The minimum absolute atomic E-state index is 0.153. The van der Waals surface area contributed by atoms with Gasteiger partial charge in [-0.2, -0.15) is 0 Å². The molecule has 5 nitrogen and oxygen atoms in total. The highest BCUT2D eigenvalue weighted by molar-refractivity contribution is 5.86. The number of hydrogen-bond acceptors (Lipinski definition) is 4. The fourth-order valence-corrected chi connectivity index (χ4v) is 6.17. The Morgan fingerprint density at radius 3 is 2.26 bits per heavy atom. The molecule has 5 heteroatoms. The quantitative estimate of drug-likeness (QED) is 0.590. The Balaban J connectivity index is 1.27. The Bertz CT molecular complexity index is 958. The molecule has 5 rings (SSSR count). The molecule has 1 aliphatic carbocycles. The summed E-state index contributed by atoms with van der Waals surface area (Å²) in [6.07, 6.45) is 5.96. The van der Waals surface area contributed by atoms with E-state index in [2.05, 4.69) is 29.2 Å². The van der Waals surface area contributed by atoms with Crippen LogP contribution in [0.5, 0.6) is 0 Å². The summed E-state index contributed by atoms with van der Waals surface area (Å²) in [5.74, 6) is -0.289. The smallest absolute Gasteiger partial charge is 0.310 e. The number of carbonyl (C=O) groups is 2. The Kier molecular flexibility index (Phi) is 7.29. The van der Waals surface area contributed by atoms with Crippen molar-refractivity contribution < 1.29 is 14.3 Å². The second-order valence-electron chi connectivity index (χ2n) is 10.2. The first-order valence-corrected chi connectivity index (χ1v) is 13.0. The van der Waals surface area contributed by atoms with Crippen molar-refractivity contribution >= 4 is 11.9 Å². The van der Waals surface area contributed by atoms with Crippen LogP contribution in [0, 0.1) is 11.8 Å². The molecule has 2 saturated heterocycles. The Labute approximate surface area is 203 Å². The molecule has 0 N–H and O–H groups in total. The van der Waals surface area contributed by atoms with E-state index in [1.807, 2.05) is 41.3 Å². The lowest BCUT2D eigenvalue weighted by Gasteiger charge is -2.39. The zero-order valence-corrected chi connectivity index (χ0v) is 20.0. The zero-order chi connectivity index (χ0) is 23.3. The van der Waals surface area contributed by atoms with Crippen LogP contribution in [0.2, 0.25) is 0 Å². The summed E-state index contributed by atoms with van der Waals surface area (Å²) in [7, 11) is 0. The summed E-state index contributed by atoms with van der Waals surface area (Å²) in [5, 5.41) is 0. The fourth-order valence-electron chi connectivity index (χ4n) is 6.17. The van der Waals surface area contributed by atoms with Gasteiger partial charge in [-0.3, -0.25) is 9.59 Å². The van der Waals surface area contributed by atoms with Crippen molar-refractivity contribution in [2.24, 2.45) is 11.8 Å². The lowest BCUT2D eigenvalue weighted by Crippen LogP contribution is -2.47. The van der Waals surface area contributed by atoms with Crippen molar-refractivity contribution in [3.05, 3.63) is 71.8 Å². The maximum absolute atomic E-state index is 13.7. The van der Waals surface area contributed by atoms with Crippen molar-refractivity contribution in [3.8, 4) is 0 Å². The van der Waals surface area contributed by atoms with Crippen molar-refractivity contribution in [1.82, 2.24) is 9.80 Å². The molecule has 2 aliphatic heterocycles. The van der Waals surface area contributed by atoms with E-state index in [1.54, 1.807) is 0 Å². The summed E-state index contributed by atoms with van der Waals surface area (Å²) in [4.78, 5) is 31.6. The predicted molar refractivity (Wildman–Crippen MR) is 132 cm³/mol. The zero-order valence-electron chi connectivity index (χ0n) is 20.0. The van der Waals surface area contributed by atoms with Crippen molar-refractivity contribution in [2.75, 3.05) is 26.2 Å². The molecule has 2 aromatic rings. The van der Waals surface area contributed by atoms with Crippen LogP contribution in [-0.4, -0.2) is 53.9 Å². The van der Waals surface area contributed by atoms with Gasteiger partial charge >= 0.3 is 5.97 Å². The van der Waals surface area contributed by atoms with Crippen molar-refractivity contribution in [3.63, 3.8) is 0 Å². The molecule has 180 valence electrons. The normalized spacial score (nSPS) is 27.6. The summed E-state index contributed by atoms with van der Waals surface area (Å²) >= 11 is 0. The van der Waals surface area contributed by atoms with Gasteiger partial charge in [0.15, 0.2) is 0 Å². The highest BCUT2D eigenvalue weighted by Crippen LogP contribution is 2.38. The van der Waals surface area contributed by atoms with E-state index in [9.17, 15) is 9.59 Å². The topological polar surface area (TPSA) is 49.9 Å². The molecule has 34 heavy (non-hydrogen) atoms. The number of nitrogens with zero attached hydrogens (tertiary/aromatic N) is 2. The van der Waals surface area contributed by atoms with Crippen LogP contribution >= 0.6 is 0 Å². The fraction of sp³-hybridized carbons (Fsp3) is 0.517. The second kappa shape index (κ2) is 10.7. The molecule has 0 bridgehead atoms. The largest absolute Gasteiger partial charge is 0.461 e. The molecule has 0 spiro atoms. The molecule has 4 atom stereocenters. The Morgan fingerprint density at radius 1 is 0.824 bits per heavy atom. The molecular weight excluding hydrogens is 424 g/mol. The number of carbonyl (C=O) groups excluding carboxylic acids is 2. The monoisotopic (exact) mass is 460 g/mol. The Hall–Kier alpha value is -2.66. The number of hydrogen-bond donors (Lipinski definition) is 0. The van der Waals surface area contributed by atoms with E-state index in [0.717, 1.165) is 57.4 Å². The second-order valence-corrected chi connectivity index (χ2v) is 10.2. The average Bonchev–Trinajstić information content (AvgIpc) is 3.61. The van der Waals surface area contributed by atoms with E-state index in [0.29, 0.717) is 12.0 Å². The van der Waals surface area contributed by atoms with E-state index < -0.39 is 0 Å². The molecule has 0 radical (unpaired) electrons. The first kappa shape index (κ1) is 23.1. The SMILES string of the molecule is O=C(OCc1ccccc1)C1CC(N2CCCC2)CCC1C(=O)N1CCC(c2ccccc2)C1. The van der Waals surface area contributed by atoms with Crippen LogP contribution in [0.1, 0.15) is 55.6 Å². The van der Waals surface area contributed by atoms with Gasteiger partial charge in [0.25, 0.3) is 0 Å². The first-order chi connectivity index (χ1) is 16.7. The minimum Gasteiger partial charge on any atom is -0.461 e. The van der Waals surface area contributed by atoms with Crippen LogP contribution in [0.3, 0.4) is 0 Å². The van der Waals surface area contributed by atoms with Gasteiger partial charge in [0.05, 0.1) is 11.8 Å². The first-order valence-electron chi connectivity index (χ1n) is 13.0. The standard InChI is InChI=1S/C29H36N2O3/c32-28(31-18-15-24(20-31)23-11-5-2-6-12-23)26-14-13-25(30-16-7-8-17-30)19-27(26)29(33)34-21-22-9-3-1-4-10-22/h1-6,9-12,24-27H,7-8,13-21H2. The molecule has 4 unspecified atom stereocenters. The van der Waals surface area contributed by atoms with Crippen LogP contribution < -0.4 is 0 Å². The van der Waals surface area contributed by atoms with Gasteiger partial charge in [0.2, 0.25) is 5.91 Å². The lowest BCUT2D eigenvalue weighted by molar-refractivity contribution is -0.159. The highest BCUT2D eigenvalue weighted by Gasteiger charge is 2.44. The number of esters is 1. The molecular formula is C29H36N2O3. The molecule has 1 saturated carbocycles. The maximum Gasteiger partial charge on any atom is 0.310 e. The molecule has 3 fully saturated rings. The van der Waals surface area contributed by atoms with Crippen LogP contribution in [0.4, 0.5) is 0 Å².